The molecular formula is C11H13ClN4. The van der Waals surface area contributed by atoms with Gasteiger partial charge in [0, 0.05) is 25.2 Å². The Bertz CT molecular complexity index is 487. The Morgan fingerprint density at radius 3 is 2.38 bits per heavy atom. The molecule has 1 aromatic heterocycles. The van der Waals surface area contributed by atoms with Crippen LogP contribution in [0.1, 0.15) is 0 Å². The summed E-state index contributed by atoms with van der Waals surface area (Å²) < 4.78 is 1.69. The number of hydrogen-bond acceptors (Lipinski definition) is 3. The zero-order valence-electron chi connectivity index (χ0n) is 9.18. The average Bonchev–Trinajstić information content (AvgIpc) is 2.62. The van der Waals surface area contributed by atoms with Gasteiger partial charge in [-0.05, 0) is 24.3 Å². The van der Waals surface area contributed by atoms with E-state index >= 15 is 0 Å². The molecule has 16 heavy (non-hydrogen) atoms. The van der Waals surface area contributed by atoms with Gasteiger partial charge < -0.3 is 10.6 Å². The maximum absolute atomic E-state index is 5.89. The zero-order valence-corrected chi connectivity index (χ0v) is 9.94. The largest absolute Gasteiger partial charge is 0.384 e. The Morgan fingerprint density at radius 1 is 1.25 bits per heavy atom. The summed E-state index contributed by atoms with van der Waals surface area (Å²) >= 11 is 5.83. The second-order valence-electron chi connectivity index (χ2n) is 3.71. The summed E-state index contributed by atoms with van der Waals surface area (Å²) in [5.74, 6) is 1.43. The molecule has 2 N–H and O–H groups in total. The van der Waals surface area contributed by atoms with Gasteiger partial charge in [0.05, 0.1) is 5.69 Å². The first-order valence-corrected chi connectivity index (χ1v) is 5.24. The van der Waals surface area contributed by atoms with Gasteiger partial charge >= 0.3 is 0 Å². The number of nitrogen functional groups attached to an aromatic ring is 1. The number of rotatable bonds is 2. The van der Waals surface area contributed by atoms with Crippen LogP contribution in [0.5, 0.6) is 0 Å². The fraction of sp³-hybridized carbons (Fsp3) is 0.182. The van der Waals surface area contributed by atoms with Gasteiger partial charge in [-0.15, -0.1) is 5.10 Å². The monoisotopic (exact) mass is 236 g/mol. The average molecular weight is 237 g/mol. The third kappa shape index (κ3) is 1.97. The molecule has 0 bridgehead atoms. The van der Waals surface area contributed by atoms with E-state index in [9.17, 15) is 0 Å². The van der Waals surface area contributed by atoms with Crippen LogP contribution in [0.3, 0.4) is 0 Å². The Labute approximate surface area is 99.2 Å². The molecular weight excluding hydrogens is 224 g/mol. The van der Waals surface area contributed by atoms with Crippen LogP contribution in [0.2, 0.25) is 5.02 Å². The van der Waals surface area contributed by atoms with Gasteiger partial charge in [0.25, 0.3) is 0 Å². The van der Waals surface area contributed by atoms with Crippen LogP contribution in [0, 0.1) is 0 Å². The normalized spacial score (nSPS) is 10.4. The molecule has 0 aliphatic rings. The summed E-state index contributed by atoms with van der Waals surface area (Å²) in [5.41, 5.74) is 6.79. The Kier molecular flexibility index (Phi) is 2.75. The molecule has 0 radical (unpaired) electrons. The number of nitrogens with zero attached hydrogens (tertiary/aromatic N) is 3. The van der Waals surface area contributed by atoms with E-state index in [-0.39, 0.29) is 0 Å². The van der Waals surface area contributed by atoms with E-state index in [2.05, 4.69) is 5.10 Å². The first-order valence-electron chi connectivity index (χ1n) is 4.87. The van der Waals surface area contributed by atoms with E-state index in [0.29, 0.717) is 10.8 Å². The first-order chi connectivity index (χ1) is 7.58. The number of hydrogen-bond donors (Lipinski definition) is 1. The molecule has 0 saturated heterocycles. The minimum atomic E-state index is 0.603. The number of halogens is 1. The molecule has 0 fully saturated rings. The Balaban J connectivity index is 2.44. The fourth-order valence-corrected chi connectivity index (χ4v) is 1.52. The van der Waals surface area contributed by atoms with E-state index < -0.39 is 0 Å². The molecule has 2 aromatic rings. The number of nitrogens with two attached hydrogens (primary N) is 1. The third-order valence-electron chi connectivity index (χ3n) is 2.25. The molecule has 0 aliphatic heterocycles. The van der Waals surface area contributed by atoms with Crippen molar-refractivity contribution in [2.75, 3.05) is 24.7 Å². The van der Waals surface area contributed by atoms with E-state index in [1.165, 1.54) is 0 Å². The first kappa shape index (κ1) is 10.8. The molecule has 0 saturated carbocycles. The maximum atomic E-state index is 5.89. The highest BCUT2D eigenvalue weighted by Crippen LogP contribution is 2.20. The summed E-state index contributed by atoms with van der Waals surface area (Å²) in [6.45, 7) is 0. The molecule has 0 unspecified atom stereocenters. The van der Waals surface area contributed by atoms with E-state index in [4.69, 9.17) is 17.3 Å². The SMILES string of the molecule is CN(C)c1cc(N)n(-c2ccc(Cl)cc2)n1. The second kappa shape index (κ2) is 4.06. The third-order valence-corrected chi connectivity index (χ3v) is 2.51. The lowest BCUT2D eigenvalue weighted by atomic mass is 10.3. The van der Waals surface area contributed by atoms with Crippen molar-refractivity contribution in [1.29, 1.82) is 0 Å². The van der Waals surface area contributed by atoms with Crippen molar-refractivity contribution in [2.45, 2.75) is 0 Å². The summed E-state index contributed by atoms with van der Waals surface area (Å²) in [4.78, 5) is 1.91. The lowest BCUT2D eigenvalue weighted by Crippen LogP contribution is -2.09. The van der Waals surface area contributed by atoms with Crippen LogP contribution >= 0.6 is 11.6 Å². The molecule has 4 nitrogen and oxygen atoms in total. The number of benzene rings is 1. The zero-order chi connectivity index (χ0) is 11.7. The topological polar surface area (TPSA) is 47.1 Å². The standard InChI is InChI=1S/C11H13ClN4/c1-15(2)11-7-10(13)16(14-11)9-5-3-8(12)4-6-9/h3-7H,13H2,1-2H3. The van der Waals surface area contributed by atoms with Crippen LogP contribution in [-0.2, 0) is 0 Å². The van der Waals surface area contributed by atoms with Crippen molar-refractivity contribution in [3.63, 3.8) is 0 Å². The van der Waals surface area contributed by atoms with E-state index in [1.807, 2.05) is 49.3 Å². The van der Waals surface area contributed by atoms with E-state index in [0.717, 1.165) is 11.5 Å². The highest BCUT2D eigenvalue weighted by molar-refractivity contribution is 6.30. The van der Waals surface area contributed by atoms with Crippen molar-refractivity contribution < 1.29 is 0 Å². The molecule has 0 aliphatic carbocycles. The number of anilines is 2. The van der Waals surface area contributed by atoms with Crippen molar-refractivity contribution in [3.8, 4) is 5.69 Å². The minimum Gasteiger partial charge on any atom is -0.384 e. The lowest BCUT2D eigenvalue weighted by Gasteiger charge is -2.07. The van der Waals surface area contributed by atoms with Gasteiger partial charge in [0.2, 0.25) is 0 Å². The molecule has 0 atom stereocenters. The van der Waals surface area contributed by atoms with Crippen molar-refractivity contribution in [1.82, 2.24) is 9.78 Å². The van der Waals surface area contributed by atoms with Crippen LogP contribution in [0.4, 0.5) is 11.6 Å². The van der Waals surface area contributed by atoms with Crippen LogP contribution in [0.25, 0.3) is 5.69 Å². The highest BCUT2D eigenvalue weighted by Gasteiger charge is 2.07. The smallest absolute Gasteiger partial charge is 0.152 e. The molecule has 0 amide bonds. The molecule has 84 valence electrons. The molecule has 2 rings (SSSR count). The van der Waals surface area contributed by atoms with Crippen molar-refractivity contribution >= 4 is 23.2 Å². The summed E-state index contributed by atoms with van der Waals surface area (Å²) in [6.07, 6.45) is 0. The van der Waals surface area contributed by atoms with Gasteiger partial charge in [-0.2, -0.15) is 0 Å². The van der Waals surface area contributed by atoms with Crippen LogP contribution < -0.4 is 10.6 Å². The minimum absolute atomic E-state index is 0.603. The van der Waals surface area contributed by atoms with Crippen LogP contribution in [-0.4, -0.2) is 23.9 Å². The number of aromatic nitrogens is 2. The molecule has 1 aromatic carbocycles. The van der Waals surface area contributed by atoms with Crippen molar-refractivity contribution in [2.24, 2.45) is 0 Å². The molecule has 1 heterocycles. The quantitative estimate of drug-likeness (QED) is 0.870. The Morgan fingerprint density at radius 2 is 1.88 bits per heavy atom. The van der Waals surface area contributed by atoms with Gasteiger partial charge in [-0.1, -0.05) is 11.6 Å². The fourth-order valence-electron chi connectivity index (χ4n) is 1.39. The second-order valence-corrected chi connectivity index (χ2v) is 4.15. The lowest BCUT2D eigenvalue weighted by molar-refractivity contribution is 0.875. The van der Waals surface area contributed by atoms with Gasteiger partial charge in [0.15, 0.2) is 5.82 Å². The molecule has 0 spiro atoms. The predicted octanol–water partition coefficient (Wildman–Crippen LogP) is 2.17. The van der Waals surface area contributed by atoms with Gasteiger partial charge in [-0.3, -0.25) is 0 Å². The van der Waals surface area contributed by atoms with E-state index in [1.54, 1.807) is 4.68 Å². The van der Waals surface area contributed by atoms with Gasteiger partial charge in [0.1, 0.15) is 5.82 Å². The summed E-state index contributed by atoms with van der Waals surface area (Å²) in [5, 5.41) is 5.08. The summed E-state index contributed by atoms with van der Waals surface area (Å²) in [6, 6.07) is 9.21. The Hall–Kier alpha value is -1.68. The van der Waals surface area contributed by atoms with Gasteiger partial charge in [-0.25, -0.2) is 4.68 Å². The van der Waals surface area contributed by atoms with Crippen molar-refractivity contribution in [3.05, 3.63) is 35.4 Å². The predicted molar refractivity (Wildman–Crippen MR) is 67.3 cm³/mol. The molecule has 5 heteroatoms. The highest BCUT2D eigenvalue weighted by atomic mass is 35.5. The van der Waals surface area contributed by atoms with Crippen LogP contribution in [0.15, 0.2) is 30.3 Å². The maximum Gasteiger partial charge on any atom is 0.152 e. The summed E-state index contributed by atoms with van der Waals surface area (Å²) in [7, 11) is 3.85.